The molecule has 6 aliphatic heterocycles. The minimum absolute atomic E-state index is 0.0193. The first kappa shape index (κ1) is 43.3. The Morgan fingerprint density at radius 2 is 1.81 bits per heavy atom. The Morgan fingerprint density at radius 1 is 0.971 bits per heavy atom. The summed E-state index contributed by atoms with van der Waals surface area (Å²) in [6.07, 6.45) is 5.58. The molecule has 19 heteroatoms. The lowest BCUT2D eigenvalue weighted by Crippen LogP contribution is -2.66. The van der Waals surface area contributed by atoms with Gasteiger partial charge in [0.2, 0.25) is 5.88 Å². The molecule has 68 heavy (non-hydrogen) atoms. The van der Waals surface area contributed by atoms with Gasteiger partial charge in [-0.15, -0.1) is 0 Å². The normalized spacial score (nSPS) is 25.4. The highest BCUT2D eigenvalue weighted by atomic mass is 32.2. The van der Waals surface area contributed by atoms with Crippen molar-refractivity contribution in [1.82, 2.24) is 19.6 Å². The molecule has 0 unspecified atom stereocenters. The van der Waals surface area contributed by atoms with E-state index in [9.17, 15) is 23.3 Å². The number of nitrogens with zero attached hydrogens (tertiary/aromatic N) is 5. The molecule has 0 radical (unpaired) electrons. The van der Waals surface area contributed by atoms with Gasteiger partial charge in [-0.3, -0.25) is 19.8 Å². The number of anilines is 4. The number of pyridine rings is 1. The van der Waals surface area contributed by atoms with Gasteiger partial charge < -0.3 is 43.8 Å². The molecule has 5 atom stereocenters. The summed E-state index contributed by atoms with van der Waals surface area (Å²) in [6, 6.07) is 20.5. The number of carbonyl (C=O) groups is 1. The first-order valence-electron chi connectivity index (χ1n) is 23.7. The second-order valence-corrected chi connectivity index (χ2v) is 21.4. The third-order valence-electron chi connectivity index (χ3n) is 15.1. The summed E-state index contributed by atoms with van der Waals surface area (Å²) in [5.41, 5.74) is 5.27. The number of H-pyrrole nitrogens is 1. The van der Waals surface area contributed by atoms with Gasteiger partial charge in [0.15, 0.2) is 11.4 Å². The highest BCUT2D eigenvalue weighted by molar-refractivity contribution is 7.90. The fraction of sp³-hybridized carbons (Fsp3) is 0.469. The van der Waals surface area contributed by atoms with Crippen LogP contribution in [0.25, 0.3) is 11.0 Å². The number of fused-ring (bicyclic) bond motifs is 4. The van der Waals surface area contributed by atoms with E-state index in [0.29, 0.717) is 67.3 Å². The maximum absolute atomic E-state index is 14.6. The van der Waals surface area contributed by atoms with Gasteiger partial charge in [0.05, 0.1) is 66.2 Å². The quantitative estimate of drug-likeness (QED) is 0.102. The molecule has 3 N–H and O–H groups in total. The van der Waals surface area contributed by atoms with E-state index in [2.05, 4.69) is 62.9 Å². The first-order valence-corrected chi connectivity index (χ1v) is 25.1. The number of rotatable bonds is 10. The summed E-state index contributed by atoms with van der Waals surface area (Å²) in [5.74, 6) is -0.125. The van der Waals surface area contributed by atoms with Gasteiger partial charge in [-0.05, 0) is 79.6 Å². The average molecular weight is 947 g/mol. The lowest BCUT2D eigenvalue weighted by Gasteiger charge is -2.62. The highest BCUT2D eigenvalue weighted by Gasteiger charge is 2.55. The fourth-order valence-corrected chi connectivity index (χ4v) is 12.8. The number of nitro groups is 1. The van der Waals surface area contributed by atoms with Crippen molar-refractivity contribution in [2.75, 3.05) is 74.4 Å². The highest BCUT2D eigenvalue weighted by Crippen LogP contribution is 2.55. The molecule has 7 aliphatic rings. The minimum atomic E-state index is -4.71. The van der Waals surface area contributed by atoms with Crippen LogP contribution in [0.1, 0.15) is 73.0 Å². The Hall–Kier alpha value is -5.99. The van der Waals surface area contributed by atoms with E-state index in [1.54, 1.807) is 12.3 Å². The Balaban J connectivity index is 0.842. The largest absolute Gasteiger partial charge is 0.489 e. The van der Waals surface area contributed by atoms with Crippen LogP contribution in [-0.2, 0) is 24.2 Å². The van der Waals surface area contributed by atoms with E-state index in [1.165, 1.54) is 30.0 Å². The number of amides is 1. The van der Waals surface area contributed by atoms with Crippen molar-refractivity contribution in [2.24, 2.45) is 5.41 Å². The summed E-state index contributed by atoms with van der Waals surface area (Å²) in [4.78, 5) is 41.0. The number of aromatic nitrogens is 2. The number of aromatic amines is 1. The van der Waals surface area contributed by atoms with Crippen molar-refractivity contribution >= 4 is 55.4 Å². The molecule has 2 aromatic heterocycles. The van der Waals surface area contributed by atoms with E-state index in [4.69, 9.17) is 28.7 Å². The molecule has 12 rings (SSSR count). The van der Waals surface area contributed by atoms with E-state index >= 15 is 0 Å². The number of hydrogen-bond acceptors (Lipinski definition) is 15. The number of sulfonamides is 1. The summed E-state index contributed by atoms with van der Waals surface area (Å²) in [6.45, 7) is 9.11. The Kier molecular flexibility index (Phi) is 10.6. The maximum Gasteiger partial charge on any atom is 0.297 e. The zero-order valence-corrected chi connectivity index (χ0v) is 38.7. The predicted molar refractivity (Wildman–Crippen MR) is 252 cm³/mol. The van der Waals surface area contributed by atoms with Gasteiger partial charge in [0.25, 0.3) is 21.6 Å². The summed E-state index contributed by atoms with van der Waals surface area (Å²) in [7, 11) is -4.71. The second-order valence-electron chi connectivity index (χ2n) is 19.7. The third kappa shape index (κ3) is 7.40. The number of benzene rings is 3. The molecule has 356 valence electrons. The zero-order valence-electron chi connectivity index (χ0n) is 37.9. The molecule has 1 spiro atoms. The predicted octanol–water partition coefficient (Wildman–Crippen LogP) is 6.41. The number of ether oxygens (including phenoxy) is 5. The Morgan fingerprint density at radius 3 is 2.62 bits per heavy atom. The zero-order chi connectivity index (χ0) is 46.5. The van der Waals surface area contributed by atoms with Crippen molar-refractivity contribution in [3.05, 3.63) is 99.7 Å². The lowest BCUT2D eigenvalue weighted by molar-refractivity contribution is -0.384. The third-order valence-corrected chi connectivity index (χ3v) is 16.5. The number of hydrogen-bond donors (Lipinski definition) is 3. The van der Waals surface area contributed by atoms with Gasteiger partial charge in [0, 0.05) is 60.0 Å². The molecule has 3 aromatic carbocycles. The van der Waals surface area contributed by atoms with E-state index in [-0.39, 0.29) is 41.7 Å². The van der Waals surface area contributed by atoms with Crippen LogP contribution in [0.2, 0.25) is 0 Å². The molecule has 5 fully saturated rings. The summed E-state index contributed by atoms with van der Waals surface area (Å²) >= 11 is 0. The summed E-state index contributed by atoms with van der Waals surface area (Å²) in [5, 5.41) is 16.4. The van der Waals surface area contributed by atoms with Crippen molar-refractivity contribution in [1.29, 1.82) is 0 Å². The van der Waals surface area contributed by atoms with Crippen molar-refractivity contribution in [3.63, 3.8) is 0 Å². The Labute approximate surface area is 393 Å². The van der Waals surface area contributed by atoms with Crippen LogP contribution < -0.4 is 29.3 Å². The van der Waals surface area contributed by atoms with Crippen LogP contribution in [0.5, 0.6) is 11.6 Å². The second kappa shape index (κ2) is 16.6. The van der Waals surface area contributed by atoms with Crippen LogP contribution in [0.4, 0.5) is 28.4 Å². The molecule has 0 bridgehead atoms. The number of likely N-dealkylation sites (tertiary alicyclic amines) is 1. The smallest absolute Gasteiger partial charge is 0.297 e. The standard InChI is InChI=1S/C49H54N8O10S/c1-28(2)33-6-3-4-7-34(33)37-8-5-13-55(37)31-20-49(21-31)26-54(27-49)30-9-10-35(38(17-30)56-40-16-29-11-12-50-46(29)52-48(40)67-44-25-64-23-41(44)56)47(58)53-68(61,62)32-18-39(57(59)60)45-42(19-32)66-22-36(51-45)43-24-63-14-15-65-43/h3-4,6-7,9-12,16-19,28,31,36-37,41,43-44,51H,5,8,13-15,20-27H2,1-2H3,(H,50,52)(H,53,58)/t36-,37+,41-,43-,44-/m1/s1. The Bertz CT molecular complexity index is 2930. The molecule has 18 nitrogen and oxygen atoms in total. The molecule has 5 aromatic rings. The number of carbonyl (C=O) groups excluding carboxylic acids is 1. The van der Waals surface area contributed by atoms with Crippen molar-refractivity contribution in [3.8, 4) is 11.6 Å². The maximum atomic E-state index is 14.6. The van der Waals surface area contributed by atoms with Crippen LogP contribution in [-0.4, -0.2) is 124 Å². The van der Waals surface area contributed by atoms with Gasteiger partial charge >= 0.3 is 0 Å². The fourth-order valence-electron chi connectivity index (χ4n) is 11.8. The van der Waals surface area contributed by atoms with Gasteiger partial charge in [0.1, 0.15) is 30.1 Å². The van der Waals surface area contributed by atoms with Crippen molar-refractivity contribution in [2.45, 2.75) is 86.7 Å². The molecule has 4 saturated heterocycles. The van der Waals surface area contributed by atoms with E-state index in [0.717, 1.165) is 49.6 Å². The molecular weight excluding hydrogens is 893 g/mol. The monoisotopic (exact) mass is 946 g/mol. The molecule has 1 saturated carbocycles. The van der Waals surface area contributed by atoms with Crippen LogP contribution in [0.3, 0.4) is 0 Å². The average Bonchev–Trinajstić information content (AvgIpc) is 4.11. The van der Waals surface area contributed by atoms with Gasteiger partial charge in [-0.1, -0.05) is 38.1 Å². The SMILES string of the molecule is CC(C)c1ccccc1[C@@H]1CCCN1C1CC2(C1)CN(c1ccc(C(=O)NS(=O)(=O)c3cc4c(c([N+](=O)[O-])c3)N[C@@H]([C@H]3COCCO3)CO4)c(N3c4cc5cc[nH]c5nc4O[C@@H]4COC[C@H]43)c1)C2. The molecular formula is C49H54N8O10S. The molecule has 1 aliphatic carbocycles. The first-order chi connectivity index (χ1) is 32.9. The van der Waals surface area contributed by atoms with Crippen molar-refractivity contribution < 1.29 is 41.8 Å². The van der Waals surface area contributed by atoms with Gasteiger partial charge in [-0.2, -0.15) is 4.98 Å². The summed E-state index contributed by atoms with van der Waals surface area (Å²) < 4.78 is 60.3. The van der Waals surface area contributed by atoms with Crippen LogP contribution >= 0.6 is 0 Å². The topological polar surface area (TPSA) is 203 Å². The van der Waals surface area contributed by atoms with Crippen LogP contribution in [0, 0.1) is 15.5 Å². The molecule has 8 heterocycles. The minimum Gasteiger partial charge on any atom is -0.489 e. The van der Waals surface area contributed by atoms with Gasteiger partial charge in [-0.25, -0.2) is 13.1 Å². The van der Waals surface area contributed by atoms with E-state index < -0.39 is 49.7 Å². The lowest BCUT2D eigenvalue weighted by atomic mass is 9.60. The molecule has 1 amide bonds. The number of nitrogens with one attached hydrogen (secondary N) is 3. The van der Waals surface area contributed by atoms with E-state index in [1.807, 2.05) is 29.2 Å². The van der Waals surface area contributed by atoms with Crippen LogP contribution in [0.15, 0.2) is 77.8 Å². The number of nitro benzene ring substituents is 1.